The van der Waals surface area contributed by atoms with Crippen LogP contribution in [0.1, 0.15) is 16.2 Å². The monoisotopic (exact) mass is 562 g/mol. The number of aromatic nitrogens is 4. The molecule has 0 aliphatic heterocycles. The van der Waals surface area contributed by atoms with E-state index in [-0.39, 0.29) is 10.8 Å². The van der Waals surface area contributed by atoms with E-state index >= 15 is 0 Å². The fourth-order valence-corrected chi connectivity index (χ4v) is 4.98. The van der Waals surface area contributed by atoms with Gasteiger partial charge >= 0.3 is 0 Å². The Morgan fingerprint density at radius 1 is 0.972 bits per heavy atom. The number of amides is 1. The third-order valence-corrected chi connectivity index (χ3v) is 6.94. The zero-order valence-electron chi connectivity index (χ0n) is 18.9. The number of primary sulfonamides is 1. The predicted molar refractivity (Wildman–Crippen MR) is 140 cm³/mol. The molecule has 0 saturated carbocycles. The van der Waals surface area contributed by atoms with Crippen molar-refractivity contribution >= 4 is 48.6 Å². The third kappa shape index (κ3) is 4.76. The maximum atomic E-state index is 13.1. The fourth-order valence-electron chi connectivity index (χ4n) is 3.84. The molecule has 0 aliphatic carbocycles. The number of halogens is 1. The zero-order valence-corrected chi connectivity index (χ0v) is 21.3. The van der Waals surface area contributed by atoms with E-state index in [1.807, 2.05) is 36.4 Å². The molecule has 11 heteroatoms. The first-order chi connectivity index (χ1) is 17.2. The smallest absolute Gasteiger partial charge is 0.276 e. The van der Waals surface area contributed by atoms with Gasteiger partial charge in [-0.2, -0.15) is 5.10 Å². The van der Waals surface area contributed by atoms with Crippen molar-refractivity contribution in [1.29, 1.82) is 0 Å². The van der Waals surface area contributed by atoms with Crippen molar-refractivity contribution in [3.05, 3.63) is 95.0 Å². The van der Waals surface area contributed by atoms with Gasteiger partial charge in [0, 0.05) is 28.0 Å². The fraction of sp³-hybridized carbons (Fsp3) is 0.0400. The summed E-state index contributed by atoms with van der Waals surface area (Å²) in [5, 5.41) is 14.6. The molecule has 0 fully saturated rings. The number of hydrogen-bond donors (Lipinski definition) is 2. The van der Waals surface area contributed by atoms with E-state index in [1.165, 1.54) is 18.5 Å². The van der Waals surface area contributed by atoms with Crippen LogP contribution in [0.4, 0.5) is 5.95 Å². The molecule has 0 unspecified atom stereocenters. The Balaban J connectivity index is 1.42. The van der Waals surface area contributed by atoms with Gasteiger partial charge in [0.05, 0.1) is 16.3 Å². The summed E-state index contributed by atoms with van der Waals surface area (Å²) in [6, 6.07) is 19.8. The first kappa shape index (κ1) is 23.8. The zero-order chi connectivity index (χ0) is 25.4. The second kappa shape index (κ2) is 9.26. The molecule has 0 spiro atoms. The van der Waals surface area contributed by atoms with E-state index in [9.17, 15) is 13.2 Å². The highest BCUT2D eigenvalue weighted by Crippen LogP contribution is 2.26. The summed E-state index contributed by atoms with van der Waals surface area (Å²) in [6.07, 6.45) is 2.85. The van der Waals surface area contributed by atoms with Crippen molar-refractivity contribution in [2.45, 2.75) is 11.8 Å². The summed E-state index contributed by atoms with van der Waals surface area (Å²) >= 11 is 3.48. The van der Waals surface area contributed by atoms with Crippen LogP contribution < -0.4 is 10.5 Å². The highest BCUT2D eigenvalue weighted by molar-refractivity contribution is 9.10. The Morgan fingerprint density at radius 2 is 1.67 bits per heavy atom. The van der Waals surface area contributed by atoms with Crippen molar-refractivity contribution in [2.24, 2.45) is 5.14 Å². The Bertz CT molecular complexity index is 1730. The number of benzene rings is 3. The van der Waals surface area contributed by atoms with Crippen molar-refractivity contribution < 1.29 is 13.2 Å². The average Bonchev–Trinajstić information content (AvgIpc) is 3.25. The summed E-state index contributed by atoms with van der Waals surface area (Å²) < 4.78 is 26.4. The van der Waals surface area contributed by atoms with Gasteiger partial charge in [-0.1, -0.05) is 46.3 Å². The van der Waals surface area contributed by atoms with Gasteiger partial charge < -0.3 is 0 Å². The van der Waals surface area contributed by atoms with Gasteiger partial charge in [0.15, 0.2) is 0 Å². The van der Waals surface area contributed by atoms with Crippen molar-refractivity contribution in [3.63, 3.8) is 0 Å². The van der Waals surface area contributed by atoms with Gasteiger partial charge in [-0.15, -0.1) is 0 Å². The molecule has 0 saturated heterocycles. The molecular formula is C25H19BrN6O3S. The summed E-state index contributed by atoms with van der Waals surface area (Å²) in [7, 11) is -3.93. The molecule has 5 aromatic rings. The molecule has 0 aliphatic rings. The summed E-state index contributed by atoms with van der Waals surface area (Å²) in [4.78, 5) is 21.5. The molecular weight excluding hydrogens is 544 g/mol. The van der Waals surface area contributed by atoms with E-state index in [4.69, 9.17) is 5.14 Å². The van der Waals surface area contributed by atoms with E-state index in [0.717, 1.165) is 20.9 Å². The molecule has 36 heavy (non-hydrogen) atoms. The van der Waals surface area contributed by atoms with Crippen LogP contribution in [0.2, 0.25) is 0 Å². The molecule has 2 heterocycles. The van der Waals surface area contributed by atoms with Crippen molar-refractivity contribution in [3.8, 4) is 16.8 Å². The molecule has 0 atom stereocenters. The van der Waals surface area contributed by atoms with Crippen LogP contribution in [0.5, 0.6) is 0 Å². The van der Waals surface area contributed by atoms with Crippen molar-refractivity contribution in [1.82, 2.24) is 19.7 Å². The largest absolute Gasteiger partial charge is 0.289 e. The lowest BCUT2D eigenvalue weighted by molar-refractivity contribution is 0.101. The van der Waals surface area contributed by atoms with Crippen LogP contribution in [0, 0.1) is 6.92 Å². The number of rotatable bonds is 5. The number of hydrogen-bond acceptors (Lipinski definition) is 6. The number of carbonyl (C=O) groups excluding carboxylic acids is 1. The number of sulfonamides is 1. The number of aryl methyl sites for hydroxylation is 1. The Hall–Kier alpha value is -3.93. The Labute approximate surface area is 215 Å². The van der Waals surface area contributed by atoms with Gasteiger partial charge in [0.25, 0.3) is 5.91 Å². The maximum Gasteiger partial charge on any atom is 0.276 e. The molecule has 9 nitrogen and oxygen atoms in total. The van der Waals surface area contributed by atoms with Crippen LogP contribution in [0.3, 0.4) is 0 Å². The molecule has 5 rings (SSSR count). The number of nitrogens with zero attached hydrogens (tertiary/aromatic N) is 4. The van der Waals surface area contributed by atoms with Crippen LogP contribution in [-0.4, -0.2) is 34.1 Å². The molecule has 1 amide bonds. The maximum absolute atomic E-state index is 13.1. The van der Waals surface area contributed by atoms with Crippen LogP contribution >= 0.6 is 15.9 Å². The lowest BCUT2D eigenvalue weighted by atomic mass is 10.1. The number of fused-ring (bicyclic) bond motifs is 1. The van der Waals surface area contributed by atoms with Gasteiger partial charge in [-0.05, 0) is 54.1 Å². The Morgan fingerprint density at radius 3 is 2.42 bits per heavy atom. The minimum Gasteiger partial charge on any atom is -0.289 e. The third-order valence-electron chi connectivity index (χ3n) is 5.48. The van der Waals surface area contributed by atoms with Crippen LogP contribution in [-0.2, 0) is 10.0 Å². The predicted octanol–water partition coefficient (Wildman–Crippen LogP) is 4.45. The molecule has 3 aromatic carbocycles. The molecule has 2 aromatic heterocycles. The second-order valence-corrected chi connectivity index (χ2v) is 10.5. The minimum absolute atomic E-state index is 0.0347. The standard InChI is InChI=1S/C25H19BrN6O3S/c1-15-10-22(32(31-15)20-9-7-16-11-19(26)8-6-17(16)12-20)24(33)30-25-28-13-18(14-29-25)21-4-2-3-5-23(21)36(27,34)35/h2-14H,1H3,(H2,27,34,35)(H,28,29,30,33). The van der Waals surface area contributed by atoms with E-state index in [2.05, 4.69) is 36.3 Å². The molecule has 180 valence electrons. The van der Waals surface area contributed by atoms with E-state index < -0.39 is 15.9 Å². The molecule has 0 bridgehead atoms. The average molecular weight is 563 g/mol. The van der Waals surface area contributed by atoms with Crippen molar-refractivity contribution in [2.75, 3.05) is 5.32 Å². The summed E-state index contributed by atoms with van der Waals surface area (Å²) in [5.41, 5.74) is 2.54. The Kier molecular flexibility index (Phi) is 6.12. The van der Waals surface area contributed by atoms with Crippen LogP contribution in [0.25, 0.3) is 27.6 Å². The van der Waals surface area contributed by atoms with Gasteiger partial charge in [-0.3, -0.25) is 10.1 Å². The number of nitrogens with two attached hydrogens (primary N) is 1. The lowest BCUT2D eigenvalue weighted by Gasteiger charge is -2.10. The number of nitrogens with one attached hydrogen (secondary N) is 1. The van der Waals surface area contributed by atoms with E-state index in [0.29, 0.717) is 22.5 Å². The van der Waals surface area contributed by atoms with Gasteiger partial charge in [0.2, 0.25) is 16.0 Å². The summed E-state index contributed by atoms with van der Waals surface area (Å²) in [6.45, 7) is 1.81. The van der Waals surface area contributed by atoms with Crippen LogP contribution in [0.15, 0.2) is 88.5 Å². The number of carbonyl (C=O) groups is 1. The SMILES string of the molecule is Cc1cc(C(=O)Nc2ncc(-c3ccccc3S(N)(=O)=O)cn2)n(-c2ccc3cc(Br)ccc3c2)n1. The topological polar surface area (TPSA) is 133 Å². The first-order valence-corrected chi connectivity index (χ1v) is 13.0. The molecule has 3 N–H and O–H groups in total. The minimum atomic E-state index is -3.93. The summed E-state index contributed by atoms with van der Waals surface area (Å²) in [5.74, 6) is -0.380. The highest BCUT2D eigenvalue weighted by atomic mass is 79.9. The number of anilines is 1. The quantitative estimate of drug-likeness (QED) is 0.325. The first-order valence-electron chi connectivity index (χ1n) is 10.7. The highest BCUT2D eigenvalue weighted by Gasteiger charge is 2.18. The van der Waals surface area contributed by atoms with Gasteiger partial charge in [0.1, 0.15) is 5.69 Å². The normalized spacial score (nSPS) is 11.5. The van der Waals surface area contributed by atoms with E-state index in [1.54, 1.807) is 35.9 Å². The lowest BCUT2D eigenvalue weighted by Crippen LogP contribution is -2.18. The molecule has 0 radical (unpaired) electrons. The second-order valence-electron chi connectivity index (χ2n) is 8.05. The van der Waals surface area contributed by atoms with Gasteiger partial charge in [-0.25, -0.2) is 28.2 Å².